The van der Waals surface area contributed by atoms with E-state index < -0.39 is 6.10 Å². The third-order valence-electron chi connectivity index (χ3n) is 2.62. The first-order valence-corrected chi connectivity index (χ1v) is 5.09. The summed E-state index contributed by atoms with van der Waals surface area (Å²) in [5.74, 6) is 0.548. The first-order chi connectivity index (χ1) is 7.84. The number of aliphatic hydroxyl groups is 1. The molecular weight excluding hydrogens is 202 g/mol. The smallest absolute Gasteiger partial charge is 0.151 e. The van der Waals surface area contributed by atoms with E-state index in [1.54, 1.807) is 12.4 Å². The summed E-state index contributed by atoms with van der Waals surface area (Å²) in [4.78, 5) is 10.1. The van der Waals surface area contributed by atoms with Crippen LogP contribution in [-0.2, 0) is 0 Å². The van der Waals surface area contributed by atoms with Crippen LogP contribution in [0.4, 0.5) is 0 Å². The van der Waals surface area contributed by atoms with Crippen LogP contribution in [0.2, 0.25) is 0 Å². The Labute approximate surface area is 92.0 Å². The van der Waals surface area contributed by atoms with Gasteiger partial charge >= 0.3 is 0 Å². The van der Waals surface area contributed by atoms with Crippen molar-refractivity contribution < 1.29 is 5.11 Å². The summed E-state index contributed by atoms with van der Waals surface area (Å²) in [6.45, 7) is 0. The normalized spacial score (nSPS) is 13.1. The number of para-hydroxylation sites is 1. The topological polar surface area (TPSA) is 64.7 Å². The lowest BCUT2D eigenvalue weighted by molar-refractivity contribution is 0.207. The second kappa shape index (κ2) is 3.50. The number of hydrogen-bond donors (Lipinski definition) is 3. The van der Waals surface area contributed by atoms with Crippen LogP contribution >= 0.6 is 0 Å². The Kier molecular flexibility index (Phi) is 2.01. The largest absolute Gasteiger partial charge is 0.379 e. The van der Waals surface area contributed by atoms with Gasteiger partial charge in [-0.1, -0.05) is 18.2 Å². The van der Waals surface area contributed by atoms with Crippen molar-refractivity contribution in [2.24, 2.45) is 0 Å². The standard InChI is InChI=1S/C12H11N3O/c16-11(12-13-5-6-14-12)10-7-8-3-1-2-4-9(8)15-10/h1-7,11,15-16H,(H,13,14). The molecule has 3 N–H and O–H groups in total. The highest BCUT2D eigenvalue weighted by Crippen LogP contribution is 2.22. The molecule has 16 heavy (non-hydrogen) atoms. The third-order valence-corrected chi connectivity index (χ3v) is 2.62. The third kappa shape index (κ3) is 1.40. The van der Waals surface area contributed by atoms with Crippen molar-refractivity contribution in [3.05, 3.63) is 54.2 Å². The second-order valence-corrected chi connectivity index (χ2v) is 3.69. The number of benzene rings is 1. The number of aromatic nitrogens is 3. The highest BCUT2D eigenvalue weighted by molar-refractivity contribution is 5.80. The predicted octanol–water partition coefficient (Wildman–Crippen LogP) is 1.97. The zero-order valence-electron chi connectivity index (χ0n) is 8.51. The van der Waals surface area contributed by atoms with Crippen molar-refractivity contribution >= 4 is 10.9 Å². The number of fused-ring (bicyclic) bond motifs is 1. The summed E-state index contributed by atoms with van der Waals surface area (Å²) in [6.07, 6.45) is 2.59. The Morgan fingerprint density at radius 1 is 1.25 bits per heavy atom. The van der Waals surface area contributed by atoms with Gasteiger partial charge in [-0.25, -0.2) is 4.98 Å². The molecule has 3 aromatic rings. The molecule has 1 aromatic carbocycles. The molecule has 2 aromatic heterocycles. The highest BCUT2D eigenvalue weighted by atomic mass is 16.3. The Morgan fingerprint density at radius 3 is 2.88 bits per heavy atom. The number of rotatable bonds is 2. The monoisotopic (exact) mass is 213 g/mol. The van der Waals surface area contributed by atoms with Gasteiger partial charge in [0, 0.05) is 17.9 Å². The maximum absolute atomic E-state index is 10.1. The number of nitrogens with zero attached hydrogens (tertiary/aromatic N) is 1. The van der Waals surface area contributed by atoms with Gasteiger partial charge in [-0.05, 0) is 17.5 Å². The van der Waals surface area contributed by atoms with Crippen LogP contribution in [0.3, 0.4) is 0 Å². The van der Waals surface area contributed by atoms with E-state index in [0.29, 0.717) is 5.82 Å². The summed E-state index contributed by atoms with van der Waals surface area (Å²) < 4.78 is 0. The van der Waals surface area contributed by atoms with Crippen molar-refractivity contribution in [1.82, 2.24) is 15.0 Å². The van der Waals surface area contributed by atoms with Gasteiger partial charge in [-0.2, -0.15) is 0 Å². The minimum absolute atomic E-state index is 0.548. The molecule has 0 saturated heterocycles. The number of H-pyrrole nitrogens is 2. The highest BCUT2D eigenvalue weighted by Gasteiger charge is 2.14. The molecule has 80 valence electrons. The molecule has 1 unspecified atom stereocenters. The van der Waals surface area contributed by atoms with E-state index >= 15 is 0 Å². The lowest BCUT2D eigenvalue weighted by Crippen LogP contribution is -2.01. The van der Waals surface area contributed by atoms with Crippen molar-refractivity contribution in [3.8, 4) is 0 Å². The number of hydrogen-bond acceptors (Lipinski definition) is 2. The molecule has 4 nitrogen and oxygen atoms in total. The van der Waals surface area contributed by atoms with E-state index in [2.05, 4.69) is 15.0 Å². The van der Waals surface area contributed by atoms with Crippen LogP contribution in [-0.4, -0.2) is 20.1 Å². The van der Waals surface area contributed by atoms with E-state index in [0.717, 1.165) is 16.6 Å². The van der Waals surface area contributed by atoms with Crippen LogP contribution in [0, 0.1) is 0 Å². The second-order valence-electron chi connectivity index (χ2n) is 3.69. The van der Waals surface area contributed by atoms with Gasteiger partial charge in [-0.3, -0.25) is 0 Å². The number of nitrogens with one attached hydrogen (secondary N) is 2. The average Bonchev–Trinajstić information content (AvgIpc) is 2.97. The zero-order chi connectivity index (χ0) is 11.0. The SMILES string of the molecule is OC(c1cc2ccccc2[nH]1)c1ncc[nH]1. The van der Waals surface area contributed by atoms with E-state index in [1.165, 1.54) is 0 Å². The van der Waals surface area contributed by atoms with Crippen LogP contribution in [0.1, 0.15) is 17.6 Å². The molecule has 1 atom stereocenters. The molecule has 0 bridgehead atoms. The van der Waals surface area contributed by atoms with E-state index in [1.807, 2.05) is 30.3 Å². The van der Waals surface area contributed by atoms with Crippen LogP contribution in [0.25, 0.3) is 10.9 Å². The molecular formula is C12H11N3O. The molecule has 0 aliphatic rings. The summed E-state index contributed by atoms with van der Waals surface area (Å²) in [7, 11) is 0. The van der Waals surface area contributed by atoms with E-state index in [9.17, 15) is 5.11 Å². The number of aromatic amines is 2. The van der Waals surface area contributed by atoms with Gasteiger partial charge in [0.15, 0.2) is 6.10 Å². The lowest BCUT2D eigenvalue weighted by Gasteiger charge is -2.04. The Hall–Kier alpha value is -2.07. The van der Waals surface area contributed by atoms with Crippen molar-refractivity contribution in [3.63, 3.8) is 0 Å². The first kappa shape index (κ1) is 9.18. The molecule has 0 aliphatic carbocycles. The van der Waals surface area contributed by atoms with Crippen molar-refractivity contribution in [1.29, 1.82) is 0 Å². The molecule has 3 rings (SSSR count). The first-order valence-electron chi connectivity index (χ1n) is 5.09. The van der Waals surface area contributed by atoms with Gasteiger partial charge in [0.2, 0.25) is 0 Å². The average molecular weight is 213 g/mol. The molecule has 4 heteroatoms. The Morgan fingerprint density at radius 2 is 2.12 bits per heavy atom. The fourth-order valence-corrected chi connectivity index (χ4v) is 1.82. The molecule has 0 spiro atoms. The molecule has 2 heterocycles. The van der Waals surface area contributed by atoms with Crippen LogP contribution < -0.4 is 0 Å². The van der Waals surface area contributed by atoms with Crippen LogP contribution in [0.15, 0.2) is 42.7 Å². The maximum atomic E-state index is 10.1. The van der Waals surface area contributed by atoms with Gasteiger partial charge in [0.25, 0.3) is 0 Å². The molecule has 0 amide bonds. The quantitative estimate of drug-likeness (QED) is 0.609. The van der Waals surface area contributed by atoms with Crippen molar-refractivity contribution in [2.75, 3.05) is 0 Å². The van der Waals surface area contributed by atoms with Crippen molar-refractivity contribution in [2.45, 2.75) is 6.10 Å². The van der Waals surface area contributed by atoms with E-state index in [4.69, 9.17) is 0 Å². The minimum Gasteiger partial charge on any atom is -0.379 e. The lowest BCUT2D eigenvalue weighted by atomic mass is 10.2. The summed E-state index contributed by atoms with van der Waals surface area (Å²) in [6, 6.07) is 9.85. The fourth-order valence-electron chi connectivity index (χ4n) is 1.82. The fraction of sp³-hybridized carbons (Fsp3) is 0.0833. The minimum atomic E-state index is -0.734. The summed E-state index contributed by atoms with van der Waals surface area (Å²) in [5, 5.41) is 11.1. The number of imidazole rings is 1. The van der Waals surface area contributed by atoms with Gasteiger partial charge in [0.1, 0.15) is 5.82 Å². The Balaban J connectivity index is 2.06. The zero-order valence-corrected chi connectivity index (χ0v) is 8.51. The van der Waals surface area contributed by atoms with Gasteiger partial charge < -0.3 is 15.1 Å². The molecule has 0 aliphatic heterocycles. The van der Waals surface area contributed by atoms with E-state index in [-0.39, 0.29) is 0 Å². The van der Waals surface area contributed by atoms with Gasteiger partial charge in [-0.15, -0.1) is 0 Å². The Bertz CT molecular complexity index is 565. The maximum Gasteiger partial charge on any atom is 0.151 e. The molecule has 0 saturated carbocycles. The predicted molar refractivity (Wildman–Crippen MR) is 60.9 cm³/mol. The van der Waals surface area contributed by atoms with Gasteiger partial charge in [0.05, 0.1) is 5.69 Å². The number of aliphatic hydroxyl groups excluding tert-OH is 1. The summed E-state index contributed by atoms with van der Waals surface area (Å²) >= 11 is 0. The molecule has 0 radical (unpaired) electrons. The summed E-state index contributed by atoms with van der Waals surface area (Å²) in [5.41, 5.74) is 1.76. The molecule has 0 fully saturated rings. The van der Waals surface area contributed by atoms with Crippen LogP contribution in [0.5, 0.6) is 0 Å².